The molecule has 2 aromatic rings. The van der Waals surface area contributed by atoms with Crippen molar-refractivity contribution in [3.05, 3.63) is 59.7 Å². The van der Waals surface area contributed by atoms with Crippen molar-refractivity contribution in [1.82, 2.24) is 10.0 Å². The number of fused-ring (bicyclic) bond motifs is 1. The van der Waals surface area contributed by atoms with Gasteiger partial charge in [-0.1, -0.05) is 30.3 Å². The van der Waals surface area contributed by atoms with E-state index in [1.54, 1.807) is 12.1 Å². The van der Waals surface area contributed by atoms with Gasteiger partial charge in [-0.05, 0) is 55.5 Å². The van der Waals surface area contributed by atoms with E-state index in [-0.39, 0.29) is 41.6 Å². The summed E-state index contributed by atoms with van der Waals surface area (Å²) < 4.78 is 27.9. The average Bonchev–Trinajstić information content (AvgIpc) is 3.54. The van der Waals surface area contributed by atoms with E-state index < -0.39 is 10.0 Å². The minimum Gasteiger partial charge on any atom is -0.352 e. The van der Waals surface area contributed by atoms with Crippen LogP contribution < -0.4 is 14.9 Å². The number of nitrogens with zero attached hydrogens (tertiary/aromatic N) is 1. The monoisotopic (exact) mass is 441 g/mol. The van der Waals surface area contributed by atoms with E-state index in [1.807, 2.05) is 42.2 Å². The topological polar surface area (TPSA) is 95.6 Å². The maximum atomic E-state index is 12.7. The van der Waals surface area contributed by atoms with Crippen molar-refractivity contribution in [2.45, 2.75) is 50.1 Å². The number of benzene rings is 2. The summed E-state index contributed by atoms with van der Waals surface area (Å²) in [5.74, 6) is 0.0385. The normalized spacial score (nSPS) is 18.0. The lowest BCUT2D eigenvalue weighted by atomic mass is 10.1. The Balaban J connectivity index is 1.33. The SMILES string of the molecule is C[C@H]1Cc2cc(S(=O)(=O)NCCC(=O)NCc3ccccc3)ccc2N1C(=O)C1CC1. The van der Waals surface area contributed by atoms with E-state index in [2.05, 4.69) is 10.0 Å². The van der Waals surface area contributed by atoms with E-state index in [0.29, 0.717) is 13.0 Å². The van der Waals surface area contributed by atoms with Crippen molar-refractivity contribution in [2.24, 2.45) is 5.92 Å². The lowest BCUT2D eigenvalue weighted by Crippen LogP contribution is -2.36. The molecule has 1 heterocycles. The fourth-order valence-electron chi connectivity index (χ4n) is 3.90. The molecule has 2 N–H and O–H groups in total. The molecule has 0 spiro atoms. The molecule has 8 heteroatoms. The van der Waals surface area contributed by atoms with Crippen LogP contribution in [0.2, 0.25) is 0 Å². The van der Waals surface area contributed by atoms with Crippen LogP contribution in [0.3, 0.4) is 0 Å². The Morgan fingerprint density at radius 1 is 1.10 bits per heavy atom. The van der Waals surface area contributed by atoms with Gasteiger partial charge in [-0.25, -0.2) is 13.1 Å². The quantitative estimate of drug-likeness (QED) is 0.657. The van der Waals surface area contributed by atoms with E-state index >= 15 is 0 Å². The highest BCUT2D eigenvalue weighted by molar-refractivity contribution is 7.89. The molecule has 0 bridgehead atoms. The summed E-state index contributed by atoms with van der Waals surface area (Å²) in [4.78, 5) is 26.5. The van der Waals surface area contributed by atoms with Crippen molar-refractivity contribution >= 4 is 27.5 Å². The third kappa shape index (κ3) is 4.97. The minimum absolute atomic E-state index is 0.0166. The number of carbonyl (C=O) groups is 2. The highest BCUT2D eigenvalue weighted by Gasteiger charge is 2.39. The summed E-state index contributed by atoms with van der Waals surface area (Å²) in [6.07, 6.45) is 2.57. The fraction of sp³-hybridized carbons (Fsp3) is 0.391. The van der Waals surface area contributed by atoms with Gasteiger partial charge in [-0.3, -0.25) is 9.59 Å². The van der Waals surface area contributed by atoms with Crippen molar-refractivity contribution in [2.75, 3.05) is 11.4 Å². The average molecular weight is 442 g/mol. The predicted molar refractivity (Wildman–Crippen MR) is 118 cm³/mol. The summed E-state index contributed by atoms with van der Waals surface area (Å²) in [5.41, 5.74) is 2.66. The van der Waals surface area contributed by atoms with Crippen molar-refractivity contribution in [3.8, 4) is 0 Å². The third-order valence-electron chi connectivity index (χ3n) is 5.72. The van der Waals surface area contributed by atoms with E-state index in [4.69, 9.17) is 0 Å². The number of anilines is 1. The summed E-state index contributed by atoms with van der Waals surface area (Å²) in [6.45, 7) is 2.41. The number of carbonyl (C=O) groups excluding carboxylic acids is 2. The first-order chi connectivity index (χ1) is 14.8. The Morgan fingerprint density at radius 3 is 2.55 bits per heavy atom. The molecule has 1 saturated carbocycles. The molecule has 1 fully saturated rings. The molecule has 1 atom stereocenters. The van der Waals surface area contributed by atoms with Gasteiger partial charge in [0, 0.05) is 37.2 Å². The Labute approximate surface area is 182 Å². The van der Waals surface area contributed by atoms with Gasteiger partial charge in [0.15, 0.2) is 0 Å². The van der Waals surface area contributed by atoms with Crippen LogP contribution in [0, 0.1) is 5.92 Å². The summed E-state index contributed by atoms with van der Waals surface area (Å²) in [5, 5.41) is 2.78. The third-order valence-corrected chi connectivity index (χ3v) is 7.18. The zero-order chi connectivity index (χ0) is 22.0. The largest absolute Gasteiger partial charge is 0.352 e. The predicted octanol–water partition coefficient (Wildman–Crippen LogP) is 2.36. The van der Waals surface area contributed by atoms with E-state index in [1.165, 1.54) is 6.07 Å². The van der Waals surface area contributed by atoms with Crippen LogP contribution in [0.5, 0.6) is 0 Å². The van der Waals surface area contributed by atoms with Crippen LogP contribution in [-0.4, -0.2) is 32.8 Å². The number of hydrogen-bond donors (Lipinski definition) is 2. The second-order valence-electron chi connectivity index (χ2n) is 8.24. The molecule has 2 amide bonds. The van der Waals surface area contributed by atoms with Gasteiger partial charge in [-0.2, -0.15) is 0 Å². The van der Waals surface area contributed by atoms with Crippen LogP contribution in [-0.2, 0) is 32.6 Å². The maximum absolute atomic E-state index is 12.7. The lowest BCUT2D eigenvalue weighted by molar-refractivity contribution is -0.121. The second kappa shape index (κ2) is 8.80. The van der Waals surface area contributed by atoms with Crippen LogP contribution >= 0.6 is 0 Å². The van der Waals surface area contributed by atoms with Crippen molar-refractivity contribution in [3.63, 3.8) is 0 Å². The first-order valence-corrected chi connectivity index (χ1v) is 12.1. The van der Waals surface area contributed by atoms with Gasteiger partial charge in [0.1, 0.15) is 0 Å². The summed E-state index contributed by atoms with van der Waals surface area (Å²) in [6, 6.07) is 14.5. The molecule has 2 aromatic carbocycles. The van der Waals surface area contributed by atoms with Crippen molar-refractivity contribution in [1.29, 1.82) is 0 Å². The van der Waals surface area contributed by atoms with E-state index in [0.717, 1.165) is 29.7 Å². The van der Waals surface area contributed by atoms with Crippen LogP contribution in [0.25, 0.3) is 0 Å². The number of amides is 2. The molecule has 0 radical (unpaired) electrons. The van der Waals surface area contributed by atoms with Gasteiger partial charge in [0.2, 0.25) is 21.8 Å². The molecule has 0 saturated heterocycles. The Kier molecular flexibility index (Phi) is 6.11. The number of hydrogen-bond acceptors (Lipinski definition) is 4. The second-order valence-corrected chi connectivity index (χ2v) is 10.0. The fourth-order valence-corrected chi connectivity index (χ4v) is 4.99. The standard InChI is InChI=1S/C23H27N3O4S/c1-16-13-19-14-20(9-10-21(19)26(16)23(28)18-7-8-18)31(29,30)25-12-11-22(27)24-15-17-5-3-2-4-6-17/h2-6,9-10,14,16,18,25H,7-8,11-13,15H2,1H3,(H,24,27)/t16-/m0/s1. The molecule has 4 rings (SSSR count). The lowest BCUT2D eigenvalue weighted by Gasteiger charge is -2.22. The molecule has 164 valence electrons. The smallest absolute Gasteiger partial charge is 0.240 e. The van der Waals surface area contributed by atoms with Gasteiger partial charge < -0.3 is 10.2 Å². The van der Waals surface area contributed by atoms with Crippen LogP contribution in [0.1, 0.15) is 37.3 Å². The summed E-state index contributed by atoms with van der Waals surface area (Å²) >= 11 is 0. The minimum atomic E-state index is -3.74. The molecule has 0 aromatic heterocycles. The van der Waals surface area contributed by atoms with Crippen LogP contribution in [0.4, 0.5) is 5.69 Å². The Hall–Kier alpha value is -2.71. The van der Waals surface area contributed by atoms with Gasteiger partial charge >= 0.3 is 0 Å². The van der Waals surface area contributed by atoms with Crippen molar-refractivity contribution < 1.29 is 18.0 Å². The molecule has 31 heavy (non-hydrogen) atoms. The molecular weight excluding hydrogens is 414 g/mol. The zero-order valence-corrected chi connectivity index (χ0v) is 18.3. The Bertz CT molecular complexity index is 1080. The zero-order valence-electron chi connectivity index (χ0n) is 17.5. The molecular formula is C23H27N3O4S. The molecule has 1 aliphatic carbocycles. The molecule has 0 unspecified atom stereocenters. The number of rotatable bonds is 8. The molecule has 1 aliphatic heterocycles. The maximum Gasteiger partial charge on any atom is 0.240 e. The highest BCUT2D eigenvalue weighted by Crippen LogP contribution is 2.39. The molecule has 7 nitrogen and oxygen atoms in total. The summed E-state index contributed by atoms with van der Waals surface area (Å²) in [7, 11) is -3.74. The van der Waals surface area contributed by atoms with Gasteiger partial charge in [0.25, 0.3) is 0 Å². The first-order valence-electron chi connectivity index (χ1n) is 10.6. The highest BCUT2D eigenvalue weighted by atomic mass is 32.2. The Morgan fingerprint density at radius 2 is 1.84 bits per heavy atom. The number of nitrogens with one attached hydrogen (secondary N) is 2. The van der Waals surface area contributed by atoms with Gasteiger partial charge in [0.05, 0.1) is 4.90 Å². The first kappa shape index (κ1) is 21.5. The van der Waals surface area contributed by atoms with Gasteiger partial charge in [-0.15, -0.1) is 0 Å². The van der Waals surface area contributed by atoms with E-state index in [9.17, 15) is 18.0 Å². The van der Waals surface area contributed by atoms with Crippen LogP contribution in [0.15, 0.2) is 53.4 Å². The number of sulfonamides is 1. The molecule has 2 aliphatic rings.